The van der Waals surface area contributed by atoms with Crippen LogP contribution in [0, 0.1) is 5.41 Å². The molecule has 31 heteroatoms. The molecule has 364 valence electrons. The van der Waals surface area contributed by atoms with Gasteiger partial charge < -0.3 is 14.6 Å². The molecule has 1 N–H and O–H groups in total. The molecule has 1 aromatic carbocycles. The van der Waals surface area contributed by atoms with Crippen molar-refractivity contribution in [3.8, 4) is 0 Å². The molecule has 0 bridgehead atoms. The predicted octanol–water partition coefficient (Wildman–Crippen LogP) is 12.2. The van der Waals surface area contributed by atoms with Gasteiger partial charge in [0, 0.05) is 30.2 Å². The first-order chi connectivity index (χ1) is 27.7. The minimum absolute atomic E-state index is 0.0971. The molecule has 1 fully saturated rings. The van der Waals surface area contributed by atoms with Crippen LogP contribution in [0.15, 0.2) is 29.8 Å². The number of Topliss-reactive ketones (excluding diaryl/α,β-unsaturated/α-hetero) is 1. The van der Waals surface area contributed by atoms with Gasteiger partial charge >= 0.3 is 77.5 Å². The molecule has 1 aliphatic rings. The number of carbonyl (C=O) groups excluding carboxylic acids is 1. The normalized spacial score (nSPS) is 17.9. The fraction of sp³-hybridized carbons (Fsp3) is 0.688. The quantitative estimate of drug-likeness (QED) is 0.0647. The summed E-state index contributed by atoms with van der Waals surface area (Å²) < 4.78 is 366. The Morgan fingerprint density at radius 1 is 0.556 bits per heavy atom. The monoisotopic (exact) mass is 982 g/mol. The van der Waals surface area contributed by atoms with Crippen LogP contribution in [0.25, 0.3) is 6.08 Å². The average Bonchev–Trinajstić information content (AvgIpc) is 3.14. The number of carboxylic acids is 1. The van der Waals surface area contributed by atoms with Gasteiger partial charge in [0.05, 0.1) is 13.2 Å². The van der Waals surface area contributed by atoms with E-state index in [9.17, 15) is 129 Å². The van der Waals surface area contributed by atoms with E-state index in [1.807, 2.05) is 0 Å². The Morgan fingerprint density at radius 3 is 1.16 bits per heavy atom. The third-order valence-electron chi connectivity index (χ3n) is 9.39. The van der Waals surface area contributed by atoms with E-state index in [1.165, 1.54) is 6.92 Å². The number of hydrogen-bond acceptors (Lipinski definition) is 4. The molecule has 5 nitrogen and oxygen atoms in total. The Labute approximate surface area is 333 Å². The summed E-state index contributed by atoms with van der Waals surface area (Å²) in [6.07, 6.45) is -28.7. The molecular weight excluding hydrogens is 958 g/mol. The van der Waals surface area contributed by atoms with E-state index in [2.05, 4.69) is 0 Å². The van der Waals surface area contributed by atoms with Gasteiger partial charge in [-0.15, -0.1) is 0 Å². The van der Waals surface area contributed by atoms with Gasteiger partial charge in [0.1, 0.15) is 5.57 Å². The SMILES string of the molecule is CCC(=O)C(=Cc1ccc(C2OCC(CCC(F)(F)C(F)(F)C(F)(F)C(F)(F)C(F)(F)C(F)(F)F)(CCC(F)(F)C(F)(F)C(F)(F)C(F)(F)C(F)(F)C(F)(F)F)CO2)cc1)C(=O)O. The first kappa shape index (κ1) is 55.3. The van der Waals surface area contributed by atoms with Crippen molar-refractivity contribution >= 4 is 17.8 Å². The Hall–Kier alpha value is -3.80. The van der Waals surface area contributed by atoms with Crippen molar-refractivity contribution in [2.24, 2.45) is 5.41 Å². The molecule has 0 aromatic heterocycles. The van der Waals surface area contributed by atoms with Crippen molar-refractivity contribution in [3.05, 3.63) is 41.0 Å². The molecule has 1 heterocycles. The Balaban J connectivity index is 2.62. The highest BCUT2D eigenvalue weighted by atomic mass is 19.4. The van der Waals surface area contributed by atoms with E-state index < -0.39 is 140 Å². The minimum Gasteiger partial charge on any atom is -0.478 e. The van der Waals surface area contributed by atoms with Crippen LogP contribution in [0.4, 0.5) is 114 Å². The van der Waals surface area contributed by atoms with E-state index in [0.29, 0.717) is 0 Å². The van der Waals surface area contributed by atoms with Gasteiger partial charge in [-0.05, 0) is 24.5 Å². The lowest BCUT2D eigenvalue weighted by Gasteiger charge is -2.44. The van der Waals surface area contributed by atoms with Gasteiger partial charge in [0.2, 0.25) is 0 Å². The number of halogens is 26. The van der Waals surface area contributed by atoms with Gasteiger partial charge in [-0.2, -0.15) is 114 Å². The van der Waals surface area contributed by atoms with Gasteiger partial charge in [-0.3, -0.25) is 4.79 Å². The molecule has 1 saturated heterocycles. The molecule has 0 aliphatic carbocycles. The number of ether oxygens (including phenoxy) is 2. The van der Waals surface area contributed by atoms with Gasteiger partial charge in [-0.25, -0.2) is 4.79 Å². The molecule has 2 rings (SSSR count). The fourth-order valence-electron chi connectivity index (χ4n) is 5.33. The first-order valence-corrected chi connectivity index (χ1v) is 16.5. The second-order valence-corrected chi connectivity index (χ2v) is 13.8. The smallest absolute Gasteiger partial charge is 0.460 e. The molecular formula is C32H24F26O5. The summed E-state index contributed by atoms with van der Waals surface area (Å²) in [6.45, 7) is -2.27. The molecule has 1 aromatic rings. The number of hydrogen-bond donors (Lipinski definition) is 1. The fourth-order valence-corrected chi connectivity index (χ4v) is 5.33. The van der Waals surface area contributed by atoms with Crippen molar-refractivity contribution < 1.29 is 138 Å². The van der Waals surface area contributed by atoms with Crippen molar-refractivity contribution in [1.29, 1.82) is 0 Å². The van der Waals surface area contributed by atoms with E-state index >= 15 is 0 Å². The maximum Gasteiger partial charge on any atom is 0.460 e. The van der Waals surface area contributed by atoms with Crippen molar-refractivity contribution in [2.75, 3.05) is 13.2 Å². The highest BCUT2D eigenvalue weighted by molar-refractivity contribution is 6.19. The van der Waals surface area contributed by atoms with Crippen LogP contribution in [0.5, 0.6) is 0 Å². The number of benzene rings is 1. The summed E-state index contributed by atoms with van der Waals surface area (Å²) in [5, 5.41) is 9.20. The van der Waals surface area contributed by atoms with E-state index in [0.717, 1.165) is 30.3 Å². The third-order valence-corrected chi connectivity index (χ3v) is 9.39. The zero-order valence-corrected chi connectivity index (χ0v) is 30.3. The summed E-state index contributed by atoms with van der Waals surface area (Å²) in [7, 11) is 0. The molecule has 0 spiro atoms. The summed E-state index contributed by atoms with van der Waals surface area (Å²) >= 11 is 0. The lowest BCUT2D eigenvalue weighted by Crippen LogP contribution is -2.70. The summed E-state index contributed by atoms with van der Waals surface area (Å²) in [5.41, 5.74) is -4.55. The number of rotatable bonds is 19. The molecule has 0 unspecified atom stereocenters. The number of aliphatic carboxylic acids is 1. The van der Waals surface area contributed by atoms with E-state index in [-0.39, 0.29) is 17.5 Å². The highest BCUT2D eigenvalue weighted by Crippen LogP contribution is 2.63. The Kier molecular flexibility index (Phi) is 14.8. The maximum absolute atomic E-state index is 14.7. The number of carbonyl (C=O) groups is 2. The topological polar surface area (TPSA) is 72.8 Å². The van der Waals surface area contributed by atoms with Crippen molar-refractivity contribution in [1.82, 2.24) is 0 Å². The third kappa shape index (κ3) is 9.35. The lowest BCUT2D eigenvalue weighted by atomic mass is 9.76. The van der Waals surface area contributed by atoms with Crippen LogP contribution in [-0.4, -0.2) is 102 Å². The second-order valence-electron chi connectivity index (χ2n) is 13.8. The largest absolute Gasteiger partial charge is 0.478 e. The molecule has 0 radical (unpaired) electrons. The zero-order chi connectivity index (χ0) is 49.9. The number of alkyl halides is 26. The van der Waals surface area contributed by atoms with Crippen LogP contribution >= 0.6 is 0 Å². The van der Waals surface area contributed by atoms with Gasteiger partial charge in [0.15, 0.2) is 12.1 Å². The van der Waals surface area contributed by atoms with Gasteiger partial charge in [0.25, 0.3) is 0 Å². The summed E-state index contributed by atoms with van der Waals surface area (Å²) in [5.74, 6) is -82.9. The van der Waals surface area contributed by atoms with Crippen LogP contribution < -0.4 is 0 Å². The summed E-state index contributed by atoms with van der Waals surface area (Å²) in [4.78, 5) is 23.2. The Morgan fingerprint density at radius 2 is 0.873 bits per heavy atom. The predicted molar refractivity (Wildman–Crippen MR) is 154 cm³/mol. The van der Waals surface area contributed by atoms with Crippen LogP contribution in [0.3, 0.4) is 0 Å². The van der Waals surface area contributed by atoms with Gasteiger partial charge in [-0.1, -0.05) is 31.2 Å². The molecule has 63 heavy (non-hydrogen) atoms. The zero-order valence-electron chi connectivity index (χ0n) is 30.3. The van der Waals surface area contributed by atoms with Crippen LogP contribution in [0.2, 0.25) is 0 Å². The highest BCUT2D eigenvalue weighted by Gasteiger charge is 2.92. The second kappa shape index (κ2) is 16.9. The van der Waals surface area contributed by atoms with Crippen molar-refractivity contribution in [3.63, 3.8) is 0 Å². The number of carboxylic acid groups (broad SMARTS) is 1. The molecule has 0 amide bonds. The van der Waals surface area contributed by atoms with Crippen LogP contribution in [-0.2, 0) is 19.1 Å². The Bertz CT molecular complexity index is 1740. The lowest BCUT2D eigenvalue weighted by molar-refractivity contribution is -0.441. The minimum atomic E-state index is -8.44. The standard InChI is InChI=1S/C32H24F26O5/c1-2-17(59)16(18(60)61)11-14-3-5-15(6-4-14)19-62-12-20(13-63-19,7-9-21(33,34)23(37,38)25(41,42)27(45,46)29(49,50)31(53,54)55)8-10-22(35,36)24(39,40)26(43,44)28(47,48)30(51,52)32(56,57)58/h3-6,11,19H,2,7-10,12-13H2,1H3,(H,60,61). The van der Waals surface area contributed by atoms with E-state index in [4.69, 9.17) is 9.47 Å². The van der Waals surface area contributed by atoms with Crippen LogP contribution in [0.1, 0.15) is 56.4 Å². The first-order valence-electron chi connectivity index (χ1n) is 16.5. The number of ketones is 1. The van der Waals surface area contributed by atoms with E-state index in [1.54, 1.807) is 0 Å². The molecule has 1 aliphatic heterocycles. The summed E-state index contributed by atoms with van der Waals surface area (Å²) in [6, 6.07) is 3.75. The molecule has 0 atom stereocenters. The maximum atomic E-state index is 14.7. The molecule has 0 saturated carbocycles. The van der Waals surface area contributed by atoms with Crippen molar-refractivity contribution in [2.45, 2.75) is 117 Å². The average molecular weight is 982 g/mol.